The monoisotopic (exact) mass is 355 g/mol. The van der Waals surface area contributed by atoms with Crippen LogP contribution >= 0.6 is 11.6 Å². The van der Waals surface area contributed by atoms with Gasteiger partial charge in [0.05, 0.1) is 22.6 Å². The number of rotatable bonds is 4. The van der Waals surface area contributed by atoms with E-state index < -0.39 is 17.7 Å². The number of hydrogen-bond donors (Lipinski definition) is 1. The lowest BCUT2D eigenvalue weighted by Crippen LogP contribution is -2.05. The van der Waals surface area contributed by atoms with Crippen molar-refractivity contribution >= 4 is 17.6 Å². The minimum absolute atomic E-state index is 0.0359. The standard InChI is InChI=1S/C16H9ClF3NO3/c17-12-4-1-9(6-15(22)23)5-14(12)24-13-7-11(16(18,19)20)3-2-10(13)8-21/h1-5,7H,6H2,(H,22,23). The van der Waals surface area contributed by atoms with Crippen molar-refractivity contribution in [2.24, 2.45) is 0 Å². The average molecular weight is 356 g/mol. The Labute approximate surface area is 139 Å². The first-order chi connectivity index (χ1) is 11.2. The van der Waals surface area contributed by atoms with Crippen LogP contribution in [-0.4, -0.2) is 11.1 Å². The lowest BCUT2D eigenvalue weighted by molar-refractivity contribution is -0.138. The van der Waals surface area contributed by atoms with E-state index in [1.165, 1.54) is 18.2 Å². The molecule has 0 bridgehead atoms. The molecular formula is C16H9ClF3NO3. The highest BCUT2D eigenvalue weighted by Gasteiger charge is 2.31. The van der Waals surface area contributed by atoms with E-state index in [0.29, 0.717) is 11.6 Å². The van der Waals surface area contributed by atoms with E-state index in [9.17, 15) is 18.0 Å². The number of hydrogen-bond acceptors (Lipinski definition) is 3. The molecule has 0 heterocycles. The molecule has 0 atom stereocenters. The molecule has 2 aromatic rings. The Kier molecular flexibility index (Phi) is 5.00. The molecule has 2 aromatic carbocycles. The van der Waals surface area contributed by atoms with Crippen molar-refractivity contribution in [1.29, 1.82) is 5.26 Å². The normalized spacial score (nSPS) is 11.0. The van der Waals surface area contributed by atoms with Crippen molar-refractivity contribution < 1.29 is 27.8 Å². The van der Waals surface area contributed by atoms with Gasteiger partial charge < -0.3 is 9.84 Å². The number of alkyl halides is 3. The summed E-state index contributed by atoms with van der Waals surface area (Å²) in [5, 5.41) is 17.9. The number of nitriles is 1. The quantitative estimate of drug-likeness (QED) is 0.866. The van der Waals surface area contributed by atoms with Crippen LogP contribution in [0.2, 0.25) is 5.02 Å². The Hall–Kier alpha value is -2.72. The van der Waals surface area contributed by atoms with Crippen LogP contribution in [0.5, 0.6) is 11.5 Å². The summed E-state index contributed by atoms with van der Waals surface area (Å²) in [4.78, 5) is 10.7. The molecule has 2 rings (SSSR count). The smallest absolute Gasteiger partial charge is 0.416 e. The van der Waals surface area contributed by atoms with Crippen LogP contribution in [-0.2, 0) is 17.4 Å². The fraction of sp³-hybridized carbons (Fsp3) is 0.125. The molecule has 0 aromatic heterocycles. The first kappa shape index (κ1) is 17.6. The number of nitrogens with zero attached hydrogens (tertiary/aromatic N) is 1. The summed E-state index contributed by atoms with van der Waals surface area (Å²) in [6.07, 6.45) is -4.90. The van der Waals surface area contributed by atoms with Gasteiger partial charge in [-0.2, -0.15) is 18.4 Å². The number of carboxylic acids is 1. The summed E-state index contributed by atoms with van der Waals surface area (Å²) in [7, 11) is 0. The van der Waals surface area contributed by atoms with Gasteiger partial charge in [0, 0.05) is 0 Å². The fourth-order valence-electron chi connectivity index (χ4n) is 1.90. The second-order valence-corrected chi connectivity index (χ2v) is 5.17. The minimum atomic E-state index is -4.60. The summed E-state index contributed by atoms with van der Waals surface area (Å²) in [5.74, 6) is -1.44. The minimum Gasteiger partial charge on any atom is -0.481 e. The van der Waals surface area contributed by atoms with E-state index in [4.69, 9.17) is 26.7 Å². The zero-order valence-corrected chi connectivity index (χ0v) is 12.6. The van der Waals surface area contributed by atoms with E-state index in [2.05, 4.69) is 0 Å². The summed E-state index contributed by atoms with van der Waals surface area (Å²) < 4.78 is 43.7. The Balaban J connectivity index is 2.43. The molecule has 0 amide bonds. The molecule has 0 aliphatic carbocycles. The van der Waals surface area contributed by atoms with E-state index in [0.717, 1.165) is 12.1 Å². The molecule has 124 valence electrons. The number of carboxylic acid groups (broad SMARTS) is 1. The third-order valence-electron chi connectivity index (χ3n) is 3.00. The van der Waals surface area contributed by atoms with Gasteiger partial charge in [0.25, 0.3) is 0 Å². The molecule has 24 heavy (non-hydrogen) atoms. The van der Waals surface area contributed by atoms with Gasteiger partial charge in [0.15, 0.2) is 0 Å². The van der Waals surface area contributed by atoms with Gasteiger partial charge in [-0.25, -0.2) is 0 Å². The summed E-state index contributed by atoms with van der Waals surface area (Å²) >= 11 is 5.93. The molecular weight excluding hydrogens is 347 g/mol. The predicted octanol–water partition coefficient (Wildman–Crippen LogP) is 4.65. The second-order valence-electron chi connectivity index (χ2n) is 4.76. The van der Waals surface area contributed by atoms with Gasteiger partial charge >= 0.3 is 12.1 Å². The third-order valence-corrected chi connectivity index (χ3v) is 3.31. The molecule has 0 spiro atoms. The summed E-state index contributed by atoms with van der Waals surface area (Å²) in [6, 6.07) is 8.32. The molecule has 8 heteroatoms. The van der Waals surface area contributed by atoms with Crippen molar-refractivity contribution in [1.82, 2.24) is 0 Å². The molecule has 0 aliphatic heterocycles. The summed E-state index contributed by atoms with van der Waals surface area (Å²) in [6.45, 7) is 0. The fourth-order valence-corrected chi connectivity index (χ4v) is 2.06. The van der Waals surface area contributed by atoms with E-state index in [1.54, 1.807) is 6.07 Å². The number of aliphatic carboxylic acids is 1. The van der Waals surface area contributed by atoms with Gasteiger partial charge in [-0.1, -0.05) is 17.7 Å². The second kappa shape index (κ2) is 6.81. The molecule has 0 saturated carbocycles. The van der Waals surface area contributed by atoms with Crippen molar-refractivity contribution in [3.63, 3.8) is 0 Å². The van der Waals surface area contributed by atoms with Gasteiger partial charge in [-0.15, -0.1) is 0 Å². The SMILES string of the molecule is N#Cc1ccc(C(F)(F)F)cc1Oc1cc(CC(=O)O)ccc1Cl. The highest BCUT2D eigenvalue weighted by atomic mass is 35.5. The van der Waals surface area contributed by atoms with Crippen LogP contribution in [0.3, 0.4) is 0 Å². The van der Waals surface area contributed by atoms with Crippen molar-refractivity contribution in [3.8, 4) is 17.6 Å². The Morgan fingerprint density at radius 1 is 1.21 bits per heavy atom. The highest BCUT2D eigenvalue weighted by molar-refractivity contribution is 6.32. The van der Waals surface area contributed by atoms with Crippen molar-refractivity contribution in [2.75, 3.05) is 0 Å². The maximum atomic E-state index is 12.8. The van der Waals surface area contributed by atoms with Crippen molar-refractivity contribution in [3.05, 3.63) is 58.1 Å². The Morgan fingerprint density at radius 3 is 2.50 bits per heavy atom. The summed E-state index contributed by atoms with van der Waals surface area (Å²) in [5.41, 5.74) is -0.732. The molecule has 0 radical (unpaired) electrons. The van der Waals surface area contributed by atoms with Gasteiger partial charge in [0.2, 0.25) is 0 Å². The van der Waals surface area contributed by atoms with Gasteiger partial charge in [-0.05, 0) is 35.9 Å². The van der Waals surface area contributed by atoms with E-state index >= 15 is 0 Å². The number of ether oxygens (including phenoxy) is 1. The van der Waals surface area contributed by atoms with Crippen LogP contribution in [0.1, 0.15) is 16.7 Å². The lowest BCUT2D eigenvalue weighted by atomic mass is 10.1. The molecule has 0 unspecified atom stereocenters. The number of halogens is 4. The topological polar surface area (TPSA) is 70.3 Å². The first-order valence-corrected chi connectivity index (χ1v) is 6.88. The molecule has 4 nitrogen and oxygen atoms in total. The largest absolute Gasteiger partial charge is 0.481 e. The zero-order chi connectivity index (χ0) is 17.9. The predicted molar refractivity (Wildman–Crippen MR) is 79.0 cm³/mol. The van der Waals surface area contributed by atoms with Crippen LogP contribution in [0.4, 0.5) is 13.2 Å². The van der Waals surface area contributed by atoms with Crippen LogP contribution in [0, 0.1) is 11.3 Å². The number of carbonyl (C=O) groups is 1. The molecule has 0 aliphatic rings. The van der Waals surface area contributed by atoms with Crippen molar-refractivity contribution in [2.45, 2.75) is 12.6 Å². The highest BCUT2D eigenvalue weighted by Crippen LogP contribution is 2.36. The Bertz CT molecular complexity index is 828. The first-order valence-electron chi connectivity index (χ1n) is 6.50. The van der Waals surface area contributed by atoms with Crippen LogP contribution in [0.25, 0.3) is 0 Å². The molecule has 1 N–H and O–H groups in total. The Morgan fingerprint density at radius 2 is 1.92 bits per heavy atom. The maximum Gasteiger partial charge on any atom is 0.416 e. The zero-order valence-electron chi connectivity index (χ0n) is 11.9. The lowest BCUT2D eigenvalue weighted by Gasteiger charge is -2.13. The van der Waals surface area contributed by atoms with E-state index in [1.807, 2.05) is 0 Å². The van der Waals surface area contributed by atoms with Crippen LogP contribution < -0.4 is 4.74 Å². The number of benzene rings is 2. The average Bonchev–Trinajstić information content (AvgIpc) is 2.49. The van der Waals surface area contributed by atoms with Gasteiger partial charge in [-0.3, -0.25) is 4.79 Å². The van der Waals surface area contributed by atoms with Gasteiger partial charge in [0.1, 0.15) is 17.6 Å². The maximum absolute atomic E-state index is 12.8. The molecule has 0 fully saturated rings. The molecule has 0 saturated heterocycles. The van der Waals surface area contributed by atoms with Crippen LogP contribution in [0.15, 0.2) is 36.4 Å². The third kappa shape index (κ3) is 4.18. The van der Waals surface area contributed by atoms with E-state index in [-0.39, 0.29) is 28.5 Å².